The van der Waals surface area contributed by atoms with E-state index in [0.717, 1.165) is 4.90 Å². The first-order valence-electron chi connectivity index (χ1n) is 4.30. The summed E-state index contributed by atoms with van der Waals surface area (Å²) in [6.07, 6.45) is -0.0289. The molecule has 1 saturated heterocycles. The van der Waals surface area contributed by atoms with E-state index in [9.17, 15) is 9.59 Å². The van der Waals surface area contributed by atoms with Crippen molar-refractivity contribution in [2.75, 3.05) is 26.3 Å². The normalized spacial score (nSPS) is 19.9. The van der Waals surface area contributed by atoms with Crippen molar-refractivity contribution in [2.45, 2.75) is 6.42 Å². The molecule has 78 valence electrons. The zero-order valence-corrected chi connectivity index (χ0v) is 7.64. The lowest BCUT2D eigenvalue weighted by molar-refractivity contribution is -0.137. The molecule has 0 aliphatic carbocycles. The van der Waals surface area contributed by atoms with Gasteiger partial charge in [0.05, 0.1) is 32.7 Å². The molecule has 0 bridgehead atoms. The standard InChI is InChI=1S/C8H12N2O4/c11-3-1-9-6-5-7(13)10(2-4-12)8(6)14/h11-12H,1-5H2. The van der Waals surface area contributed by atoms with E-state index in [1.165, 1.54) is 0 Å². The molecule has 14 heavy (non-hydrogen) atoms. The highest BCUT2D eigenvalue weighted by atomic mass is 16.3. The van der Waals surface area contributed by atoms with Crippen molar-refractivity contribution in [1.82, 2.24) is 4.90 Å². The molecule has 0 radical (unpaired) electrons. The van der Waals surface area contributed by atoms with Crippen LogP contribution in [0, 0.1) is 0 Å². The molecule has 1 aliphatic rings. The molecule has 0 spiro atoms. The van der Waals surface area contributed by atoms with Crippen molar-refractivity contribution in [3.8, 4) is 0 Å². The number of aliphatic hydroxyl groups is 2. The van der Waals surface area contributed by atoms with Crippen molar-refractivity contribution in [1.29, 1.82) is 0 Å². The van der Waals surface area contributed by atoms with Crippen LogP contribution in [0.4, 0.5) is 0 Å². The van der Waals surface area contributed by atoms with Crippen LogP contribution in [0.5, 0.6) is 0 Å². The lowest BCUT2D eigenvalue weighted by Crippen LogP contribution is -2.33. The molecule has 2 amide bonds. The van der Waals surface area contributed by atoms with Crippen molar-refractivity contribution < 1.29 is 19.8 Å². The molecular formula is C8H12N2O4. The zero-order valence-electron chi connectivity index (χ0n) is 7.64. The average Bonchev–Trinajstić information content (AvgIpc) is 2.43. The maximum atomic E-state index is 11.4. The Hall–Kier alpha value is -1.27. The van der Waals surface area contributed by atoms with Gasteiger partial charge >= 0.3 is 0 Å². The number of amides is 2. The fourth-order valence-electron chi connectivity index (χ4n) is 1.22. The third-order valence-electron chi connectivity index (χ3n) is 1.84. The first-order valence-corrected chi connectivity index (χ1v) is 4.30. The van der Waals surface area contributed by atoms with Gasteiger partial charge in [-0.25, -0.2) is 0 Å². The highest BCUT2D eigenvalue weighted by molar-refractivity contribution is 6.48. The minimum absolute atomic E-state index is 0.00973. The first-order chi connectivity index (χ1) is 6.70. The Morgan fingerprint density at radius 2 is 2.00 bits per heavy atom. The number of carbonyl (C=O) groups excluding carboxylic acids is 2. The van der Waals surface area contributed by atoms with E-state index in [-0.39, 0.29) is 44.3 Å². The van der Waals surface area contributed by atoms with Crippen molar-refractivity contribution in [2.24, 2.45) is 4.99 Å². The fourth-order valence-corrected chi connectivity index (χ4v) is 1.22. The number of carbonyl (C=O) groups is 2. The van der Waals surface area contributed by atoms with Crippen molar-refractivity contribution in [3.63, 3.8) is 0 Å². The minimum Gasteiger partial charge on any atom is -0.395 e. The molecule has 1 aliphatic heterocycles. The van der Waals surface area contributed by atoms with Crippen LogP contribution in [0.15, 0.2) is 4.99 Å². The number of hydrogen-bond acceptors (Lipinski definition) is 5. The number of aliphatic hydroxyl groups excluding tert-OH is 2. The summed E-state index contributed by atoms with van der Waals surface area (Å²) in [6.45, 7) is -0.257. The van der Waals surface area contributed by atoms with Gasteiger partial charge in [-0.1, -0.05) is 0 Å². The Kier molecular flexibility index (Phi) is 3.73. The number of imide groups is 1. The number of β-amino-alcohol motifs (C(OH)–C–C–N with tert-alkyl or cyclic N) is 1. The van der Waals surface area contributed by atoms with Gasteiger partial charge in [0.1, 0.15) is 5.71 Å². The SMILES string of the molecule is O=C1CC(=NCCO)C(=O)N1CCO. The maximum Gasteiger partial charge on any atom is 0.275 e. The number of likely N-dealkylation sites (tertiary alicyclic amines) is 1. The number of hydrogen-bond donors (Lipinski definition) is 2. The third-order valence-corrected chi connectivity index (χ3v) is 1.84. The van der Waals surface area contributed by atoms with Crippen LogP contribution in [0.2, 0.25) is 0 Å². The molecule has 1 fully saturated rings. The van der Waals surface area contributed by atoms with Gasteiger partial charge in [0.2, 0.25) is 5.91 Å². The summed E-state index contributed by atoms with van der Waals surface area (Å²) in [6, 6.07) is 0. The summed E-state index contributed by atoms with van der Waals surface area (Å²) < 4.78 is 0. The zero-order chi connectivity index (χ0) is 10.6. The number of aliphatic imine (C=N–C) groups is 1. The van der Waals surface area contributed by atoms with E-state index in [4.69, 9.17) is 10.2 Å². The van der Waals surface area contributed by atoms with Gasteiger partial charge in [-0.2, -0.15) is 0 Å². The van der Waals surface area contributed by atoms with E-state index in [0.29, 0.717) is 0 Å². The molecule has 0 aromatic heterocycles. The number of rotatable bonds is 4. The van der Waals surface area contributed by atoms with Gasteiger partial charge in [0.15, 0.2) is 0 Å². The summed E-state index contributed by atoms with van der Waals surface area (Å²) in [5.74, 6) is -0.807. The Labute approximate surface area is 80.9 Å². The van der Waals surface area contributed by atoms with Crippen molar-refractivity contribution >= 4 is 17.5 Å². The predicted molar refractivity (Wildman–Crippen MR) is 47.8 cm³/mol. The molecule has 2 N–H and O–H groups in total. The molecule has 0 saturated carbocycles. The van der Waals surface area contributed by atoms with Gasteiger partial charge in [0.25, 0.3) is 5.91 Å². The van der Waals surface area contributed by atoms with Crippen LogP contribution in [0.25, 0.3) is 0 Å². The molecule has 1 rings (SSSR count). The molecule has 0 atom stereocenters. The molecular weight excluding hydrogens is 188 g/mol. The second-order valence-electron chi connectivity index (χ2n) is 2.80. The van der Waals surface area contributed by atoms with Crippen LogP contribution in [-0.4, -0.2) is 58.9 Å². The highest BCUT2D eigenvalue weighted by Crippen LogP contribution is 2.09. The van der Waals surface area contributed by atoms with Gasteiger partial charge in [-0.3, -0.25) is 19.5 Å². The Morgan fingerprint density at radius 3 is 2.57 bits per heavy atom. The fraction of sp³-hybridized carbons (Fsp3) is 0.625. The van der Waals surface area contributed by atoms with Crippen LogP contribution in [0.3, 0.4) is 0 Å². The van der Waals surface area contributed by atoms with Gasteiger partial charge in [-0.15, -0.1) is 0 Å². The Balaban J connectivity index is 2.69. The molecule has 1 heterocycles. The van der Waals surface area contributed by atoms with E-state index >= 15 is 0 Å². The molecule has 0 aromatic rings. The first kappa shape index (κ1) is 10.8. The predicted octanol–water partition coefficient (Wildman–Crippen LogP) is -1.83. The quantitative estimate of drug-likeness (QED) is 0.522. The van der Waals surface area contributed by atoms with Crippen LogP contribution in [0.1, 0.15) is 6.42 Å². The largest absolute Gasteiger partial charge is 0.395 e. The van der Waals surface area contributed by atoms with Crippen LogP contribution >= 0.6 is 0 Å². The monoisotopic (exact) mass is 200 g/mol. The van der Waals surface area contributed by atoms with E-state index in [2.05, 4.69) is 4.99 Å². The summed E-state index contributed by atoms with van der Waals surface area (Å²) >= 11 is 0. The van der Waals surface area contributed by atoms with Gasteiger partial charge in [0, 0.05) is 0 Å². The van der Waals surface area contributed by atoms with Crippen LogP contribution in [-0.2, 0) is 9.59 Å². The molecule has 6 heteroatoms. The topological polar surface area (TPSA) is 90.2 Å². The summed E-state index contributed by atoms with van der Waals surface area (Å²) in [5.41, 5.74) is 0.164. The lowest BCUT2D eigenvalue weighted by atomic mass is 10.3. The summed E-state index contributed by atoms with van der Waals surface area (Å²) in [7, 11) is 0. The summed E-state index contributed by atoms with van der Waals surface area (Å²) in [4.78, 5) is 27.3. The highest BCUT2D eigenvalue weighted by Gasteiger charge is 2.34. The summed E-state index contributed by atoms with van der Waals surface area (Å²) in [5, 5.41) is 17.1. The molecule has 6 nitrogen and oxygen atoms in total. The third kappa shape index (κ3) is 2.15. The number of nitrogens with zero attached hydrogens (tertiary/aromatic N) is 2. The molecule has 0 aromatic carbocycles. The lowest BCUT2D eigenvalue weighted by Gasteiger charge is -2.09. The van der Waals surface area contributed by atoms with Crippen LogP contribution < -0.4 is 0 Å². The van der Waals surface area contributed by atoms with E-state index in [1.54, 1.807) is 0 Å². The maximum absolute atomic E-state index is 11.4. The second-order valence-corrected chi connectivity index (χ2v) is 2.80. The second kappa shape index (κ2) is 4.83. The molecule has 0 unspecified atom stereocenters. The van der Waals surface area contributed by atoms with Gasteiger partial charge in [-0.05, 0) is 0 Å². The smallest absolute Gasteiger partial charge is 0.275 e. The average molecular weight is 200 g/mol. The van der Waals surface area contributed by atoms with Gasteiger partial charge < -0.3 is 10.2 Å². The Morgan fingerprint density at radius 1 is 1.29 bits per heavy atom. The van der Waals surface area contributed by atoms with E-state index in [1.807, 2.05) is 0 Å². The minimum atomic E-state index is -0.461. The Bertz CT molecular complexity index is 275. The van der Waals surface area contributed by atoms with Crippen molar-refractivity contribution in [3.05, 3.63) is 0 Å². The van der Waals surface area contributed by atoms with E-state index < -0.39 is 5.91 Å².